The van der Waals surface area contributed by atoms with E-state index in [1.54, 1.807) is 0 Å². The molecule has 0 N–H and O–H groups in total. The molecule has 3 nitrogen and oxygen atoms in total. The standard InChI is InChI=1S/C6H7BrN2O/c1-2-10-6-8-4-3-5(7)9-6/h3-4H,2H2,1H3/i1D3,2D2. The van der Waals surface area contributed by atoms with Gasteiger partial charge in [-0.05, 0) is 28.8 Å². The monoisotopic (exact) mass is 207 g/mol. The molecule has 0 aliphatic rings. The Hall–Kier alpha value is -0.640. The van der Waals surface area contributed by atoms with Crippen LogP contribution in [0.15, 0.2) is 16.9 Å². The predicted octanol–water partition coefficient (Wildman–Crippen LogP) is 1.64. The SMILES string of the molecule is [2H]C([2H])([2H])C([2H])([2H])Oc1nccc(Br)n1. The van der Waals surface area contributed by atoms with Gasteiger partial charge in [-0.25, -0.2) is 4.98 Å². The Morgan fingerprint density at radius 1 is 2.00 bits per heavy atom. The minimum atomic E-state index is -2.89. The Kier molecular flexibility index (Phi) is 1.11. The molecule has 54 valence electrons. The van der Waals surface area contributed by atoms with Crippen molar-refractivity contribution < 1.29 is 11.6 Å². The number of nitrogens with zero attached hydrogens (tertiary/aromatic N) is 2. The van der Waals surface area contributed by atoms with E-state index in [9.17, 15) is 0 Å². The normalized spacial score (nSPS) is 19.5. The third-order valence-electron chi connectivity index (χ3n) is 0.742. The molecule has 4 heteroatoms. The highest BCUT2D eigenvalue weighted by Crippen LogP contribution is 2.07. The first kappa shape index (κ1) is 3.17. The molecule has 10 heavy (non-hydrogen) atoms. The van der Waals surface area contributed by atoms with Crippen molar-refractivity contribution in [3.8, 4) is 6.01 Å². The lowest BCUT2D eigenvalue weighted by molar-refractivity contribution is 0.311. The molecule has 0 aliphatic heterocycles. The molecule has 1 aromatic heterocycles. The lowest BCUT2D eigenvalue weighted by atomic mass is 10.7. The van der Waals surface area contributed by atoms with Crippen LogP contribution in [0.1, 0.15) is 13.7 Å². The van der Waals surface area contributed by atoms with Gasteiger partial charge < -0.3 is 4.74 Å². The Labute approximate surface area is 74.6 Å². The van der Waals surface area contributed by atoms with Crippen LogP contribution < -0.4 is 4.74 Å². The maximum atomic E-state index is 7.17. The molecule has 0 unspecified atom stereocenters. The van der Waals surface area contributed by atoms with Gasteiger partial charge in [0.1, 0.15) is 4.60 Å². The molecule has 0 atom stereocenters. The molecular weight excluding hydrogens is 196 g/mol. The summed E-state index contributed by atoms with van der Waals surface area (Å²) in [6.07, 6.45) is 1.32. The predicted molar refractivity (Wildman–Crippen MR) is 40.9 cm³/mol. The molecule has 0 saturated carbocycles. The van der Waals surface area contributed by atoms with Crippen molar-refractivity contribution in [2.45, 2.75) is 6.85 Å². The number of hydrogen-bond acceptors (Lipinski definition) is 3. The van der Waals surface area contributed by atoms with Crippen LogP contribution in [0, 0.1) is 0 Å². The van der Waals surface area contributed by atoms with Crippen molar-refractivity contribution in [2.75, 3.05) is 6.56 Å². The lowest BCUT2D eigenvalue weighted by Crippen LogP contribution is -1.96. The molecule has 1 heterocycles. The average molecular weight is 208 g/mol. The summed E-state index contributed by atoms with van der Waals surface area (Å²) in [5.74, 6) is 0. The summed E-state index contributed by atoms with van der Waals surface area (Å²) in [5, 5.41) is 0. The third kappa shape index (κ3) is 1.95. The topological polar surface area (TPSA) is 35.0 Å². The Bertz CT molecular complexity index is 356. The second kappa shape index (κ2) is 3.51. The summed E-state index contributed by atoms with van der Waals surface area (Å²) in [6.45, 7) is -5.70. The fourth-order valence-corrected chi connectivity index (χ4v) is 0.685. The summed E-state index contributed by atoms with van der Waals surface area (Å²) in [7, 11) is 0. The summed E-state index contributed by atoms with van der Waals surface area (Å²) >= 11 is 3.03. The molecule has 0 radical (unpaired) electrons. The first-order chi connectivity index (χ1) is 6.72. The molecule has 0 spiro atoms. The summed E-state index contributed by atoms with van der Waals surface area (Å²) in [5.41, 5.74) is 0. The average Bonchev–Trinajstić information content (AvgIpc) is 2.00. The highest BCUT2D eigenvalue weighted by molar-refractivity contribution is 9.10. The van der Waals surface area contributed by atoms with Crippen LogP contribution >= 0.6 is 15.9 Å². The van der Waals surface area contributed by atoms with Crippen LogP contribution in [0.2, 0.25) is 0 Å². The van der Waals surface area contributed by atoms with E-state index in [0.717, 1.165) is 0 Å². The second-order valence-electron chi connectivity index (χ2n) is 1.37. The lowest BCUT2D eigenvalue weighted by Gasteiger charge is -1.98. The van der Waals surface area contributed by atoms with Crippen molar-refractivity contribution in [3.05, 3.63) is 16.9 Å². The van der Waals surface area contributed by atoms with Crippen LogP contribution in [-0.2, 0) is 0 Å². The van der Waals surface area contributed by atoms with Gasteiger partial charge >= 0.3 is 6.01 Å². The smallest absolute Gasteiger partial charge is 0.317 e. The maximum absolute atomic E-state index is 7.17. The summed E-state index contributed by atoms with van der Waals surface area (Å²) < 4.78 is 40.0. The molecule has 0 fully saturated rings. The quantitative estimate of drug-likeness (QED) is 0.693. The largest absolute Gasteiger partial charge is 0.464 e. The van der Waals surface area contributed by atoms with Gasteiger partial charge in [-0.3, -0.25) is 0 Å². The van der Waals surface area contributed by atoms with Gasteiger partial charge in [0.15, 0.2) is 0 Å². The number of hydrogen-bond donors (Lipinski definition) is 0. The zero-order valence-electron chi connectivity index (χ0n) is 9.84. The first-order valence-corrected chi connectivity index (χ1v) is 3.19. The second-order valence-corrected chi connectivity index (χ2v) is 2.18. The minimum absolute atomic E-state index is 0.328. The van der Waals surface area contributed by atoms with Crippen LogP contribution in [0.3, 0.4) is 0 Å². The van der Waals surface area contributed by atoms with E-state index in [4.69, 9.17) is 6.85 Å². The van der Waals surface area contributed by atoms with E-state index in [0.29, 0.717) is 4.60 Å². The number of ether oxygens (including phenoxy) is 1. The molecule has 0 bridgehead atoms. The van der Waals surface area contributed by atoms with Crippen molar-refractivity contribution in [1.29, 1.82) is 0 Å². The fourth-order valence-electron chi connectivity index (χ4n) is 0.415. The highest BCUT2D eigenvalue weighted by atomic mass is 79.9. The van der Waals surface area contributed by atoms with Gasteiger partial charge in [0.2, 0.25) is 0 Å². The van der Waals surface area contributed by atoms with Crippen LogP contribution in [0.25, 0.3) is 0 Å². The van der Waals surface area contributed by atoms with Gasteiger partial charge in [0.25, 0.3) is 0 Å². The van der Waals surface area contributed by atoms with Gasteiger partial charge in [-0.15, -0.1) is 0 Å². The van der Waals surface area contributed by atoms with Gasteiger partial charge in [-0.1, -0.05) is 0 Å². The third-order valence-corrected chi connectivity index (χ3v) is 1.18. The molecule has 1 aromatic rings. The number of halogens is 1. The van der Waals surface area contributed by atoms with Gasteiger partial charge in [0.05, 0.1) is 9.30 Å². The molecule has 1 rings (SSSR count). The zero-order chi connectivity index (χ0) is 11.7. The minimum Gasteiger partial charge on any atom is -0.464 e. The van der Waals surface area contributed by atoms with Crippen molar-refractivity contribution in [2.24, 2.45) is 0 Å². The van der Waals surface area contributed by atoms with Crippen molar-refractivity contribution >= 4 is 15.9 Å². The van der Waals surface area contributed by atoms with E-state index in [1.165, 1.54) is 12.3 Å². The van der Waals surface area contributed by atoms with Crippen LogP contribution in [0.5, 0.6) is 6.01 Å². The number of rotatable bonds is 2. The van der Waals surface area contributed by atoms with E-state index in [2.05, 4.69) is 30.6 Å². The maximum Gasteiger partial charge on any atom is 0.317 e. The van der Waals surface area contributed by atoms with E-state index in [1.807, 2.05) is 0 Å². The highest BCUT2D eigenvalue weighted by Gasteiger charge is 1.93. The van der Waals surface area contributed by atoms with E-state index >= 15 is 0 Å². The van der Waals surface area contributed by atoms with E-state index < -0.39 is 13.4 Å². The van der Waals surface area contributed by atoms with Crippen LogP contribution in [-0.4, -0.2) is 16.5 Å². The van der Waals surface area contributed by atoms with Crippen LogP contribution in [0.4, 0.5) is 0 Å². The first-order valence-electron chi connectivity index (χ1n) is 4.90. The molecule has 0 amide bonds. The summed E-state index contributed by atoms with van der Waals surface area (Å²) in [6, 6.07) is 1.18. The van der Waals surface area contributed by atoms with Gasteiger partial charge in [0, 0.05) is 10.3 Å². The number of aromatic nitrogens is 2. The zero-order valence-corrected chi connectivity index (χ0v) is 6.42. The molecule has 0 saturated heterocycles. The van der Waals surface area contributed by atoms with Crippen molar-refractivity contribution in [1.82, 2.24) is 9.97 Å². The van der Waals surface area contributed by atoms with Crippen molar-refractivity contribution in [3.63, 3.8) is 0 Å². The molecular formula is C6H7BrN2O. The molecule has 0 aliphatic carbocycles. The molecule has 0 aromatic carbocycles. The summed E-state index contributed by atoms with van der Waals surface area (Å²) in [4.78, 5) is 7.25. The van der Waals surface area contributed by atoms with Gasteiger partial charge in [-0.2, -0.15) is 4.98 Å². The fraction of sp³-hybridized carbons (Fsp3) is 0.333. The van der Waals surface area contributed by atoms with E-state index in [-0.39, 0.29) is 6.01 Å². The Morgan fingerprint density at radius 2 is 2.90 bits per heavy atom. The Morgan fingerprint density at radius 3 is 3.60 bits per heavy atom. The Balaban J connectivity index is 2.87.